The summed E-state index contributed by atoms with van der Waals surface area (Å²) in [6.07, 6.45) is -0.469. The fourth-order valence-electron chi connectivity index (χ4n) is 1.43. The quantitative estimate of drug-likeness (QED) is 0.730. The first kappa shape index (κ1) is 12.7. The van der Waals surface area contributed by atoms with E-state index in [0.29, 0.717) is 16.8 Å². The topological polar surface area (TPSA) is 98.0 Å². The fraction of sp³-hybridized carbons (Fsp3) is 0.167. The smallest absolute Gasteiger partial charge is 0.196 e. The third-order valence-electron chi connectivity index (χ3n) is 2.32. The molecule has 0 spiro atoms. The Labute approximate surface area is 109 Å². The van der Waals surface area contributed by atoms with Gasteiger partial charge < -0.3 is 16.6 Å². The van der Waals surface area contributed by atoms with Gasteiger partial charge in [0.15, 0.2) is 5.16 Å². The van der Waals surface area contributed by atoms with Crippen molar-refractivity contribution >= 4 is 23.4 Å². The average molecular weight is 262 g/mol. The van der Waals surface area contributed by atoms with E-state index in [1.165, 1.54) is 17.8 Å². The van der Waals surface area contributed by atoms with E-state index in [2.05, 4.69) is 9.97 Å². The number of anilines is 2. The van der Waals surface area contributed by atoms with Gasteiger partial charge in [-0.3, -0.25) is 0 Å². The zero-order chi connectivity index (χ0) is 13.1. The molecule has 0 fully saturated rings. The van der Waals surface area contributed by atoms with E-state index in [1.807, 2.05) is 24.3 Å². The second-order valence-corrected chi connectivity index (χ2v) is 4.89. The summed E-state index contributed by atoms with van der Waals surface area (Å²) in [6, 6.07) is 9.04. The molecule has 5 N–H and O–H groups in total. The number of aliphatic hydroxyl groups is 1. The molecule has 0 saturated carbocycles. The summed E-state index contributed by atoms with van der Waals surface area (Å²) >= 11 is 1.37. The van der Waals surface area contributed by atoms with E-state index >= 15 is 0 Å². The van der Waals surface area contributed by atoms with E-state index < -0.39 is 6.10 Å². The van der Waals surface area contributed by atoms with Gasteiger partial charge in [-0.15, -0.1) is 0 Å². The Hall–Kier alpha value is -1.79. The van der Waals surface area contributed by atoms with Crippen LogP contribution in [0.1, 0.15) is 18.6 Å². The number of nitrogens with two attached hydrogens (primary N) is 2. The Morgan fingerprint density at radius 1 is 1.11 bits per heavy atom. The summed E-state index contributed by atoms with van der Waals surface area (Å²) in [4.78, 5) is 9.14. The first-order valence-electron chi connectivity index (χ1n) is 5.40. The molecular weight excluding hydrogens is 248 g/mol. The molecule has 0 amide bonds. The van der Waals surface area contributed by atoms with Gasteiger partial charge in [0.25, 0.3) is 0 Å². The molecule has 1 aromatic heterocycles. The van der Waals surface area contributed by atoms with Crippen molar-refractivity contribution in [2.45, 2.75) is 23.1 Å². The highest BCUT2D eigenvalue weighted by Gasteiger charge is 2.05. The third kappa shape index (κ3) is 3.12. The Bertz CT molecular complexity index is 522. The van der Waals surface area contributed by atoms with E-state index in [0.717, 1.165) is 10.5 Å². The van der Waals surface area contributed by atoms with Gasteiger partial charge in [-0.1, -0.05) is 12.1 Å². The van der Waals surface area contributed by atoms with Crippen LogP contribution < -0.4 is 11.5 Å². The molecular formula is C12H14N4OS. The summed E-state index contributed by atoms with van der Waals surface area (Å²) in [5.41, 5.74) is 12.1. The molecule has 0 saturated heterocycles. The monoisotopic (exact) mass is 262 g/mol. The van der Waals surface area contributed by atoms with Crippen molar-refractivity contribution in [2.75, 3.05) is 11.5 Å². The van der Waals surface area contributed by atoms with Crippen molar-refractivity contribution in [2.24, 2.45) is 0 Å². The van der Waals surface area contributed by atoms with Crippen LogP contribution >= 0.6 is 11.8 Å². The highest BCUT2D eigenvalue weighted by molar-refractivity contribution is 7.99. The van der Waals surface area contributed by atoms with Crippen LogP contribution in [0.25, 0.3) is 0 Å². The maximum atomic E-state index is 9.41. The van der Waals surface area contributed by atoms with Gasteiger partial charge in [-0.05, 0) is 36.4 Å². The summed E-state index contributed by atoms with van der Waals surface area (Å²) in [5.74, 6) is 0.705. The molecule has 1 atom stereocenters. The lowest BCUT2D eigenvalue weighted by Gasteiger charge is -2.06. The van der Waals surface area contributed by atoms with Crippen molar-refractivity contribution in [1.29, 1.82) is 0 Å². The maximum absolute atomic E-state index is 9.41. The molecule has 5 nitrogen and oxygen atoms in total. The van der Waals surface area contributed by atoms with E-state index in [9.17, 15) is 5.11 Å². The van der Waals surface area contributed by atoms with Crippen LogP contribution in [-0.2, 0) is 0 Å². The molecule has 2 rings (SSSR count). The Morgan fingerprint density at radius 2 is 1.67 bits per heavy atom. The Morgan fingerprint density at radius 3 is 2.17 bits per heavy atom. The number of benzene rings is 1. The molecule has 0 radical (unpaired) electrons. The lowest BCUT2D eigenvalue weighted by atomic mass is 10.1. The highest BCUT2D eigenvalue weighted by atomic mass is 32.2. The number of nitrogens with zero attached hydrogens (tertiary/aromatic N) is 2. The van der Waals surface area contributed by atoms with Crippen LogP contribution in [0.4, 0.5) is 11.6 Å². The minimum Gasteiger partial charge on any atom is -0.389 e. The SMILES string of the molecule is C[C@@H](O)c1ccc(Sc2nc(N)cc(N)n2)cc1. The second-order valence-electron chi connectivity index (χ2n) is 3.85. The zero-order valence-corrected chi connectivity index (χ0v) is 10.7. The number of hydrogen-bond acceptors (Lipinski definition) is 6. The summed E-state index contributed by atoms with van der Waals surface area (Å²) in [6.45, 7) is 1.73. The van der Waals surface area contributed by atoms with Crippen LogP contribution in [0.2, 0.25) is 0 Å². The number of nitrogen functional groups attached to an aromatic ring is 2. The standard InChI is InChI=1S/C12H14N4OS/c1-7(17)8-2-4-9(5-3-8)18-12-15-10(13)6-11(14)16-12/h2-7,17H,1H3,(H4,13,14,15,16)/t7-/m1/s1. The average Bonchev–Trinajstić information content (AvgIpc) is 2.28. The number of aliphatic hydroxyl groups excluding tert-OH is 1. The first-order valence-corrected chi connectivity index (χ1v) is 6.22. The van der Waals surface area contributed by atoms with Crippen LogP contribution in [0.3, 0.4) is 0 Å². The summed E-state index contributed by atoms with van der Waals surface area (Å²) in [5, 5.41) is 9.92. The summed E-state index contributed by atoms with van der Waals surface area (Å²) in [7, 11) is 0. The van der Waals surface area contributed by atoms with Gasteiger partial charge in [-0.2, -0.15) is 0 Å². The van der Waals surface area contributed by atoms with Gasteiger partial charge >= 0.3 is 0 Å². The van der Waals surface area contributed by atoms with Crippen molar-refractivity contribution in [3.05, 3.63) is 35.9 Å². The molecule has 6 heteroatoms. The van der Waals surface area contributed by atoms with Crippen LogP contribution in [0, 0.1) is 0 Å². The van der Waals surface area contributed by atoms with Gasteiger partial charge in [0, 0.05) is 11.0 Å². The molecule has 0 aliphatic rings. The molecule has 0 unspecified atom stereocenters. The predicted molar refractivity (Wildman–Crippen MR) is 72.1 cm³/mol. The van der Waals surface area contributed by atoms with Crippen molar-refractivity contribution < 1.29 is 5.11 Å². The van der Waals surface area contributed by atoms with Crippen LogP contribution in [0.5, 0.6) is 0 Å². The second kappa shape index (κ2) is 5.24. The zero-order valence-electron chi connectivity index (χ0n) is 9.87. The van der Waals surface area contributed by atoms with Crippen LogP contribution in [-0.4, -0.2) is 15.1 Å². The maximum Gasteiger partial charge on any atom is 0.196 e. The van der Waals surface area contributed by atoms with Crippen molar-refractivity contribution in [1.82, 2.24) is 9.97 Å². The normalized spacial score (nSPS) is 12.3. The number of rotatable bonds is 3. The molecule has 0 aliphatic carbocycles. The van der Waals surface area contributed by atoms with Crippen molar-refractivity contribution in [3.8, 4) is 0 Å². The molecule has 18 heavy (non-hydrogen) atoms. The Kier molecular flexibility index (Phi) is 3.69. The third-order valence-corrected chi connectivity index (χ3v) is 3.19. The number of hydrogen-bond donors (Lipinski definition) is 3. The van der Waals surface area contributed by atoms with Gasteiger partial charge in [0.1, 0.15) is 11.6 Å². The minimum atomic E-state index is -0.469. The van der Waals surface area contributed by atoms with Crippen molar-refractivity contribution in [3.63, 3.8) is 0 Å². The summed E-state index contributed by atoms with van der Waals surface area (Å²) < 4.78 is 0. The lowest BCUT2D eigenvalue weighted by molar-refractivity contribution is 0.199. The fourth-order valence-corrected chi connectivity index (χ4v) is 2.21. The van der Waals surface area contributed by atoms with E-state index in [4.69, 9.17) is 11.5 Å². The molecule has 0 bridgehead atoms. The van der Waals surface area contributed by atoms with Gasteiger partial charge in [0.2, 0.25) is 0 Å². The van der Waals surface area contributed by atoms with E-state index in [1.54, 1.807) is 6.92 Å². The Balaban J connectivity index is 2.18. The molecule has 0 aliphatic heterocycles. The first-order chi connectivity index (χ1) is 8.54. The number of aromatic nitrogens is 2. The highest BCUT2D eigenvalue weighted by Crippen LogP contribution is 2.27. The predicted octanol–water partition coefficient (Wildman–Crippen LogP) is 1.85. The minimum absolute atomic E-state index is 0.352. The molecule has 94 valence electrons. The molecule has 1 aromatic carbocycles. The van der Waals surface area contributed by atoms with E-state index in [-0.39, 0.29) is 0 Å². The van der Waals surface area contributed by atoms with Gasteiger partial charge in [-0.25, -0.2) is 9.97 Å². The van der Waals surface area contributed by atoms with Crippen LogP contribution in [0.15, 0.2) is 40.4 Å². The lowest BCUT2D eigenvalue weighted by Crippen LogP contribution is -1.99. The molecule has 2 aromatic rings. The molecule has 1 heterocycles. The largest absolute Gasteiger partial charge is 0.389 e. The van der Waals surface area contributed by atoms with Gasteiger partial charge in [0.05, 0.1) is 6.10 Å².